The number of rotatable bonds is 5. The van der Waals surface area contributed by atoms with Crippen LogP contribution in [0.2, 0.25) is 0 Å². The molecule has 0 aliphatic carbocycles. The summed E-state index contributed by atoms with van der Waals surface area (Å²) in [6.45, 7) is 4.52. The minimum Gasteiger partial charge on any atom is -0.338 e. The van der Waals surface area contributed by atoms with Gasteiger partial charge in [0.2, 0.25) is 0 Å². The number of nitrogens with one attached hydrogen (secondary N) is 1. The van der Waals surface area contributed by atoms with E-state index in [2.05, 4.69) is 54.1 Å². The van der Waals surface area contributed by atoms with E-state index in [1.807, 2.05) is 30.5 Å². The van der Waals surface area contributed by atoms with E-state index in [9.17, 15) is 0 Å². The molecule has 1 N–H and O–H groups in total. The average Bonchev–Trinajstić information content (AvgIpc) is 3.04. The lowest BCUT2D eigenvalue weighted by Gasteiger charge is -2.09. The normalized spacial score (nSPS) is 11.0. The molecular weight excluding hydrogens is 268 g/mol. The predicted octanol–water partition coefficient (Wildman–Crippen LogP) is 5.13. The molecular formula is C20H21N2. The minimum atomic E-state index is 0.707. The molecule has 111 valence electrons. The monoisotopic (exact) mass is 289 g/mol. The third-order valence-corrected chi connectivity index (χ3v) is 3.86. The van der Waals surface area contributed by atoms with Crippen LogP contribution in [0.15, 0.2) is 54.7 Å². The van der Waals surface area contributed by atoms with Crippen LogP contribution < -0.4 is 0 Å². The van der Waals surface area contributed by atoms with Crippen molar-refractivity contribution >= 4 is 0 Å². The largest absolute Gasteiger partial charge is 0.338 e. The first kappa shape index (κ1) is 14.6. The van der Waals surface area contributed by atoms with Crippen LogP contribution in [-0.2, 0) is 6.42 Å². The molecule has 0 saturated carbocycles. The van der Waals surface area contributed by atoms with Crippen LogP contribution in [-0.4, -0.2) is 9.97 Å². The summed E-state index contributed by atoms with van der Waals surface area (Å²) < 4.78 is 0. The zero-order chi connectivity index (χ0) is 15.4. The highest BCUT2D eigenvalue weighted by molar-refractivity contribution is 5.67. The molecule has 0 aliphatic heterocycles. The summed E-state index contributed by atoms with van der Waals surface area (Å²) in [7, 11) is 0. The van der Waals surface area contributed by atoms with Gasteiger partial charge in [-0.1, -0.05) is 56.3 Å². The summed E-state index contributed by atoms with van der Waals surface area (Å²) in [5.74, 6) is 1.62. The maximum absolute atomic E-state index is 4.53. The molecule has 0 fully saturated rings. The van der Waals surface area contributed by atoms with Crippen LogP contribution in [0.4, 0.5) is 0 Å². The van der Waals surface area contributed by atoms with E-state index in [-0.39, 0.29) is 0 Å². The molecule has 0 unspecified atom stereocenters. The second-order valence-corrected chi connectivity index (χ2v) is 6.03. The van der Waals surface area contributed by atoms with Gasteiger partial charge in [-0.2, -0.15) is 0 Å². The van der Waals surface area contributed by atoms with E-state index in [1.54, 1.807) is 0 Å². The Morgan fingerprint density at radius 2 is 1.95 bits per heavy atom. The highest BCUT2D eigenvalue weighted by Gasteiger charge is 2.09. The van der Waals surface area contributed by atoms with Crippen molar-refractivity contribution in [1.29, 1.82) is 0 Å². The van der Waals surface area contributed by atoms with Crippen LogP contribution in [0.25, 0.3) is 22.6 Å². The Bertz CT molecular complexity index is 726. The van der Waals surface area contributed by atoms with E-state index in [0.717, 1.165) is 23.5 Å². The van der Waals surface area contributed by atoms with Crippen LogP contribution >= 0.6 is 0 Å². The van der Waals surface area contributed by atoms with Gasteiger partial charge in [0.05, 0.1) is 11.9 Å². The van der Waals surface area contributed by atoms with E-state index in [0.29, 0.717) is 5.92 Å². The second-order valence-electron chi connectivity index (χ2n) is 6.03. The number of benzene rings is 2. The van der Waals surface area contributed by atoms with Crippen molar-refractivity contribution in [2.45, 2.75) is 26.7 Å². The Kier molecular flexibility index (Phi) is 4.38. The number of hydrogen-bond donors (Lipinski definition) is 1. The molecule has 0 aliphatic rings. The average molecular weight is 289 g/mol. The smallest absolute Gasteiger partial charge is 0.137 e. The molecule has 3 aromatic rings. The van der Waals surface area contributed by atoms with E-state index in [1.165, 1.54) is 17.5 Å². The number of nitrogens with zero attached hydrogens (tertiary/aromatic N) is 1. The lowest BCUT2D eigenvalue weighted by molar-refractivity contribution is 0.587. The van der Waals surface area contributed by atoms with Gasteiger partial charge in [0.15, 0.2) is 0 Å². The molecule has 0 atom stereocenters. The van der Waals surface area contributed by atoms with Crippen LogP contribution in [0.3, 0.4) is 0 Å². The highest BCUT2D eigenvalue weighted by Crippen LogP contribution is 2.26. The summed E-state index contributed by atoms with van der Waals surface area (Å²) in [4.78, 5) is 7.97. The number of aromatic amines is 1. The molecule has 1 radical (unpaired) electrons. The fraction of sp³-hybridized carbons (Fsp3) is 0.250. The van der Waals surface area contributed by atoms with Crippen LogP contribution in [0.1, 0.15) is 25.8 Å². The summed E-state index contributed by atoms with van der Waals surface area (Å²) in [5, 5.41) is 0. The molecule has 0 saturated heterocycles. The Morgan fingerprint density at radius 3 is 2.73 bits per heavy atom. The Labute approximate surface area is 132 Å². The summed E-state index contributed by atoms with van der Waals surface area (Å²) in [5.41, 5.74) is 4.74. The molecule has 2 nitrogen and oxygen atoms in total. The molecule has 0 bridgehead atoms. The topological polar surface area (TPSA) is 28.7 Å². The number of imidazole rings is 1. The molecule has 0 spiro atoms. The third kappa shape index (κ3) is 3.28. The lowest BCUT2D eigenvalue weighted by atomic mass is 9.97. The lowest BCUT2D eigenvalue weighted by Crippen LogP contribution is -1.95. The minimum absolute atomic E-state index is 0.707. The van der Waals surface area contributed by atoms with Gasteiger partial charge in [-0.05, 0) is 36.5 Å². The molecule has 0 amide bonds. The van der Waals surface area contributed by atoms with Gasteiger partial charge in [0, 0.05) is 11.1 Å². The van der Waals surface area contributed by atoms with E-state index < -0.39 is 0 Å². The number of H-pyrrole nitrogens is 1. The van der Waals surface area contributed by atoms with E-state index in [4.69, 9.17) is 0 Å². The van der Waals surface area contributed by atoms with Crippen LogP contribution in [0, 0.1) is 12.0 Å². The zero-order valence-electron chi connectivity index (χ0n) is 13.1. The maximum atomic E-state index is 4.53. The van der Waals surface area contributed by atoms with Crippen molar-refractivity contribution < 1.29 is 0 Å². The number of hydrogen-bond acceptors (Lipinski definition) is 1. The second kappa shape index (κ2) is 6.61. The first-order chi connectivity index (χ1) is 10.7. The molecule has 2 heteroatoms. The zero-order valence-corrected chi connectivity index (χ0v) is 13.1. The first-order valence-electron chi connectivity index (χ1n) is 7.84. The molecule has 22 heavy (non-hydrogen) atoms. The van der Waals surface area contributed by atoms with Gasteiger partial charge in [0.25, 0.3) is 0 Å². The van der Waals surface area contributed by atoms with Gasteiger partial charge in [0.1, 0.15) is 5.82 Å². The molecule has 3 rings (SSSR count). The summed E-state index contributed by atoms with van der Waals surface area (Å²) in [6.07, 6.45) is 4.20. The third-order valence-electron chi connectivity index (χ3n) is 3.86. The van der Waals surface area contributed by atoms with Gasteiger partial charge in [-0.25, -0.2) is 4.98 Å². The van der Waals surface area contributed by atoms with E-state index >= 15 is 0 Å². The van der Waals surface area contributed by atoms with Crippen molar-refractivity contribution in [2.24, 2.45) is 5.92 Å². The summed E-state index contributed by atoms with van der Waals surface area (Å²) >= 11 is 0. The first-order valence-corrected chi connectivity index (χ1v) is 7.84. The summed E-state index contributed by atoms with van der Waals surface area (Å²) in [6, 6.07) is 19.6. The van der Waals surface area contributed by atoms with Crippen molar-refractivity contribution in [3.8, 4) is 22.6 Å². The van der Waals surface area contributed by atoms with Crippen molar-refractivity contribution in [3.63, 3.8) is 0 Å². The standard InChI is InChI=1S/C20H21N2/c1-15(2)12-13-16-8-6-7-11-18(16)19-14-21-20(22-19)17-9-4-3-5-10-17/h3-6,8-11,14-15H,12-13H2,1-2H3,(H,21,22). The fourth-order valence-corrected chi connectivity index (χ4v) is 2.58. The van der Waals surface area contributed by atoms with Gasteiger partial charge in [-0.15, -0.1) is 0 Å². The van der Waals surface area contributed by atoms with Gasteiger partial charge < -0.3 is 4.98 Å². The molecule has 1 aromatic heterocycles. The highest BCUT2D eigenvalue weighted by atomic mass is 14.9. The van der Waals surface area contributed by atoms with Crippen LogP contribution in [0.5, 0.6) is 0 Å². The quantitative estimate of drug-likeness (QED) is 0.692. The van der Waals surface area contributed by atoms with Crippen molar-refractivity contribution in [1.82, 2.24) is 9.97 Å². The molecule has 1 heterocycles. The number of aryl methyl sites for hydroxylation is 1. The predicted molar refractivity (Wildman–Crippen MR) is 91.5 cm³/mol. The fourth-order valence-electron chi connectivity index (χ4n) is 2.58. The SMILES string of the molecule is CC(C)CCc1cc[c]cc1-c1cnc(-c2ccccc2)[nH]1. The number of aromatic nitrogens is 2. The van der Waals surface area contributed by atoms with Crippen molar-refractivity contribution in [2.75, 3.05) is 0 Å². The Morgan fingerprint density at radius 1 is 1.14 bits per heavy atom. The molecule has 2 aromatic carbocycles. The Hall–Kier alpha value is -2.35. The van der Waals surface area contributed by atoms with Gasteiger partial charge in [-0.3, -0.25) is 0 Å². The van der Waals surface area contributed by atoms with Crippen molar-refractivity contribution in [3.05, 3.63) is 66.4 Å². The van der Waals surface area contributed by atoms with Gasteiger partial charge >= 0.3 is 0 Å². The maximum Gasteiger partial charge on any atom is 0.137 e. The Balaban J connectivity index is 1.90.